The maximum atomic E-state index is 12.7. The van der Waals surface area contributed by atoms with Crippen LogP contribution in [0.2, 0.25) is 0 Å². The number of hydrogen-bond donors (Lipinski definition) is 2. The minimum atomic E-state index is -0.171. The van der Waals surface area contributed by atoms with E-state index in [0.717, 1.165) is 54.0 Å². The van der Waals surface area contributed by atoms with Crippen LogP contribution in [0.3, 0.4) is 0 Å². The van der Waals surface area contributed by atoms with Crippen molar-refractivity contribution in [2.75, 3.05) is 25.5 Å². The van der Waals surface area contributed by atoms with Crippen molar-refractivity contribution in [3.8, 4) is 11.3 Å². The van der Waals surface area contributed by atoms with Gasteiger partial charge in [0.05, 0.1) is 40.9 Å². The average Bonchev–Trinajstić information content (AvgIpc) is 3.59. The molecule has 1 aliphatic rings. The van der Waals surface area contributed by atoms with Crippen molar-refractivity contribution >= 4 is 17.5 Å². The number of amides is 1. The van der Waals surface area contributed by atoms with E-state index in [1.165, 1.54) is 0 Å². The third kappa shape index (κ3) is 6.34. The molecule has 204 valence electrons. The van der Waals surface area contributed by atoms with E-state index < -0.39 is 0 Å². The number of aromatic nitrogens is 6. The number of nitrogens with one attached hydrogen (secondary N) is 2. The van der Waals surface area contributed by atoms with E-state index in [9.17, 15) is 4.79 Å². The van der Waals surface area contributed by atoms with Crippen molar-refractivity contribution in [3.63, 3.8) is 0 Å². The van der Waals surface area contributed by atoms with Crippen LogP contribution in [-0.2, 0) is 12.1 Å². The topological polar surface area (TPSA) is 106 Å². The Hall–Kier alpha value is -4.05. The lowest BCUT2D eigenvalue weighted by Crippen LogP contribution is -2.31. The highest BCUT2D eigenvalue weighted by Crippen LogP contribution is 2.25. The second-order valence-electron chi connectivity index (χ2n) is 11.3. The molecule has 0 atom stereocenters. The quantitative estimate of drug-likeness (QED) is 0.363. The van der Waals surface area contributed by atoms with Gasteiger partial charge in [0.25, 0.3) is 5.91 Å². The molecule has 4 aromatic rings. The van der Waals surface area contributed by atoms with E-state index in [1.807, 2.05) is 58.3 Å². The number of anilines is 2. The first-order chi connectivity index (χ1) is 18.7. The molecule has 10 nitrogen and oxygen atoms in total. The first kappa shape index (κ1) is 26.6. The highest BCUT2D eigenvalue weighted by Gasteiger charge is 2.19. The highest BCUT2D eigenvalue weighted by molar-refractivity contribution is 5.93. The van der Waals surface area contributed by atoms with Crippen molar-refractivity contribution in [1.29, 1.82) is 0 Å². The molecular weight excluding hydrogens is 490 g/mol. The molecule has 10 heteroatoms. The molecule has 0 aliphatic carbocycles. The average molecular weight is 528 g/mol. The van der Waals surface area contributed by atoms with Gasteiger partial charge in [-0.05, 0) is 83.9 Å². The molecule has 0 spiro atoms. The van der Waals surface area contributed by atoms with E-state index in [-0.39, 0.29) is 11.4 Å². The second kappa shape index (κ2) is 11.0. The van der Waals surface area contributed by atoms with Crippen LogP contribution >= 0.6 is 0 Å². The number of hydrogen-bond acceptors (Lipinski definition) is 7. The summed E-state index contributed by atoms with van der Waals surface area (Å²) in [4.78, 5) is 24.1. The molecule has 0 bridgehead atoms. The van der Waals surface area contributed by atoms with Crippen molar-refractivity contribution in [2.45, 2.75) is 58.7 Å². The number of aryl methyl sites for hydroxylation is 1. The lowest BCUT2D eigenvalue weighted by molar-refractivity contribution is 0.0950. The summed E-state index contributed by atoms with van der Waals surface area (Å²) < 4.78 is 3.85. The van der Waals surface area contributed by atoms with Crippen molar-refractivity contribution in [1.82, 2.24) is 39.7 Å². The molecular formula is C29H37N9O. The maximum absolute atomic E-state index is 12.7. The molecule has 0 unspecified atom stereocenters. The molecule has 5 rings (SSSR count). The van der Waals surface area contributed by atoms with Gasteiger partial charge in [-0.3, -0.25) is 14.2 Å². The summed E-state index contributed by atoms with van der Waals surface area (Å²) in [7, 11) is 2.16. The molecule has 1 saturated heterocycles. The zero-order chi connectivity index (χ0) is 27.6. The maximum Gasteiger partial charge on any atom is 0.254 e. The lowest BCUT2D eigenvalue weighted by atomic mass is 10.0. The van der Waals surface area contributed by atoms with Gasteiger partial charge in [-0.25, -0.2) is 9.97 Å². The van der Waals surface area contributed by atoms with Crippen LogP contribution in [-0.4, -0.2) is 60.5 Å². The van der Waals surface area contributed by atoms with Crippen LogP contribution < -0.4 is 10.6 Å². The van der Waals surface area contributed by atoms with Crippen molar-refractivity contribution in [2.24, 2.45) is 0 Å². The summed E-state index contributed by atoms with van der Waals surface area (Å²) in [5, 5.41) is 15.2. The zero-order valence-corrected chi connectivity index (χ0v) is 23.3. The first-order valence-electron chi connectivity index (χ1n) is 13.4. The van der Waals surface area contributed by atoms with Gasteiger partial charge in [0.15, 0.2) is 0 Å². The van der Waals surface area contributed by atoms with Crippen LogP contribution in [0.15, 0.2) is 55.2 Å². The summed E-state index contributed by atoms with van der Waals surface area (Å²) in [6.45, 7) is 10.8. The zero-order valence-electron chi connectivity index (χ0n) is 23.3. The Balaban J connectivity index is 1.22. The van der Waals surface area contributed by atoms with Crippen LogP contribution in [0.25, 0.3) is 11.3 Å². The Labute approximate surface area is 229 Å². The fraction of sp³-hybridized carbons (Fsp3) is 0.414. The minimum Gasteiger partial charge on any atom is -0.348 e. The number of carbonyl (C=O) groups is 1. The van der Waals surface area contributed by atoms with Gasteiger partial charge in [0.1, 0.15) is 0 Å². The number of likely N-dealkylation sites (tertiary alicyclic amines) is 1. The van der Waals surface area contributed by atoms with Gasteiger partial charge in [-0.2, -0.15) is 10.2 Å². The summed E-state index contributed by atoms with van der Waals surface area (Å²) in [5.74, 6) is 0.389. The molecule has 1 aliphatic heterocycles. The van der Waals surface area contributed by atoms with Crippen LogP contribution in [0.5, 0.6) is 0 Å². The van der Waals surface area contributed by atoms with Crippen LogP contribution in [0.4, 0.5) is 11.6 Å². The van der Waals surface area contributed by atoms with Gasteiger partial charge in [-0.15, -0.1) is 0 Å². The van der Waals surface area contributed by atoms with E-state index in [0.29, 0.717) is 24.1 Å². The molecule has 1 fully saturated rings. The summed E-state index contributed by atoms with van der Waals surface area (Å²) in [6.07, 6.45) is 11.2. The number of benzene rings is 1. The molecule has 1 amide bonds. The van der Waals surface area contributed by atoms with E-state index >= 15 is 0 Å². The lowest BCUT2D eigenvalue weighted by Gasteiger charge is -2.28. The number of carbonyl (C=O) groups excluding carboxylic acids is 1. The normalized spacial score (nSPS) is 14.9. The SMILES string of the molecule is Cc1cc(-c2ccnc(Nc3cnn(C4CCN(C)CC4)c3)n2)ccc1CNC(=O)c1cnn(C(C)(C)C)c1. The van der Waals surface area contributed by atoms with Gasteiger partial charge in [-0.1, -0.05) is 12.1 Å². The molecule has 3 aromatic heterocycles. The monoisotopic (exact) mass is 527 g/mol. The summed E-state index contributed by atoms with van der Waals surface area (Å²) in [5.41, 5.74) is 5.19. The van der Waals surface area contributed by atoms with Gasteiger partial charge in [0, 0.05) is 30.7 Å². The molecule has 0 radical (unpaired) electrons. The number of rotatable bonds is 7. The van der Waals surface area contributed by atoms with Gasteiger partial charge >= 0.3 is 0 Å². The standard InChI is InChI=1S/C29H37N9O/c1-20-14-21(6-7-22(20)15-31-27(39)23-16-33-38(18-23)29(2,3)4)26-8-11-30-28(35-26)34-24-17-32-37(19-24)25-9-12-36(5)13-10-25/h6-8,11,14,16-19,25H,9-10,12-13,15H2,1-5H3,(H,31,39)(H,30,34,35). The van der Waals surface area contributed by atoms with Crippen molar-refractivity contribution in [3.05, 3.63) is 71.9 Å². The Morgan fingerprint density at radius 2 is 1.87 bits per heavy atom. The molecule has 1 aromatic carbocycles. The largest absolute Gasteiger partial charge is 0.348 e. The Morgan fingerprint density at radius 1 is 1.08 bits per heavy atom. The summed E-state index contributed by atoms with van der Waals surface area (Å²) >= 11 is 0. The van der Waals surface area contributed by atoms with E-state index in [2.05, 4.69) is 48.5 Å². The van der Waals surface area contributed by atoms with Gasteiger partial charge < -0.3 is 15.5 Å². The second-order valence-corrected chi connectivity index (χ2v) is 11.3. The highest BCUT2D eigenvalue weighted by atomic mass is 16.1. The van der Waals surface area contributed by atoms with Crippen LogP contribution in [0.1, 0.15) is 61.1 Å². The van der Waals surface area contributed by atoms with Crippen LogP contribution in [0, 0.1) is 6.92 Å². The number of nitrogens with zero attached hydrogens (tertiary/aromatic N) is 7. The Kier molecular flexibility index (Phi) is 7.47. The molecule has 0 saturated carbocycles. The molecule has 4 heterocycles. The third-order valence-electron chi connectivity index (χ3n) is 7.19. The Morgan fingerprint density at radius 3 is 2.59 bits per heavy atom. The fourth-order valence-corrected chi connectivity index (χ4v) is 4.71. The molecule has 39 heavy (non-hydrogen) atoms. The Bertz CT molecular complexity index is 1440. The minimum absolute atomic E-state index is 0.139. The van der Waals surface area contributed by atoms with Gasteiger partial charge in [0.2, 0.25) is 5.95 Å². The molecule has 2 N–H and O–H groups in total. The number of piperidine rings is 1. The summed E-state index contributed by atoms with van der Waals surface area (Å²) in [6, 6.07) is 8.47. The van der Waals surface area contributed by atoms with Crippen molar-refractivity contribution < 1.29 is 4.79 Å². The predicted molar refractivity (Wildman–Crippen MR) is 152 cm³/mol. The van der Waals surface area contributed by atoms with E-state index in [4.69, 9.17) is 4.98 Å². The predicted octanol–water partition coefficient (Wildman–Crippen LogP) is 4.54. The first-order valence-corrected chi connectivity index (χ1v) is 13.4. The third-order valence-corrected chi connectivity index (χ3v) is 7.19. The van der Waals surface area contributed by atoms with E-state index in [1.54, 1.807) is 23.3 Å². The fourth-order valence-electron chi connectivity index (χ4n) is 4.71. The smallest absolute Gasteiger partial charge is 0.254 e.